The largest absolute Gasteiger partial charge is 0.478 e. The van der Waals surface area contributed by atoms with Gasteiger partial charge < -0.3 is 10.2 Å². The van der Waals surface area contributed by atoms with Crippen molar-refractivity contribution in [2.75, 3.05) is 0 Å². The molecule has 0 saturated heterocycles. The molecule has 2 aromatic rings. The van der Waals surface area contributed by atoms with Crippen LogP contribution < -0.4 is 0 Å². The van der Waals surface area contributed by atoms with Crippen molar-refractivity contribution in [2.24, 2.45) is 0 Å². The Balaban J connectivity index is 0.000000231. The number of rotatable bonds is 5. The number of aromatic carboxylic acids is 2. The van der Waals surface area contributed by atoms with E-state index in [9.17, 15) is 9.59 Å². The Hall–Kier alpha value is -2.62. The number of carboxylic acids is 2. The first-order chi connectivity index (χ1) is 11.0. The SMILES string of the molecule is CCCc1ccccc1C(=O)O.CCc1ccc(C(=O)O)cc1. The molecule has 2 rings (SSSR count). The number of aryl methyl sites for hydroxylation is 2. The van der Waals surface area contributed by atoms with Crippen LogP contribution in [0.5, 0.6) is 0 Å². The van der Waals surface area contributed by atoms with Crippen LogP contribution in [0.3, 0.4) is 0 Å². The molecule has 0 heterocycles. The molecule has 0 radical (unpaired) electrons. The zero-order valence-electron chi connectivity index (χ0n) is 13.5. The molecule has 0 aliphatic heterocycles. The third kappa shape index (κ3) is 5.94. The maximum absolute atomic E-state index is 10.7. The van der Waals surface area contributed by atoms with Gasteiger partial charge in [0.25, 0.3) is 0 Å². The van der Waals surface area contributed by atoms with Gasteiger partial charge in [0.15, 0.2) is 0 Å². The molecule has 4 heteroatoms. The zero-order valence-corrected chi connectivity index (χ0v) is 13.5. The number of hydrogen-bond acceptors (Lipinski definition) is 2. The van der Waals surface area contributed by atoms with E-state index >= 15 is 0 Å². The van der Waals surface area contributed by atoms with E-state index in [0.717, 1.165) is 30.4 Å². The van der Waals surface area contributed by atoms with Gasteiger partial charge in [0.05, 0.1) is 11.1 Å². The van der Waals surface area contributed by atoms with E-state index in [2.05, 4.69) is 0 Å². The Kier molecular flexibility index (Phi) is 7.54. The van der Waals surface area contributed by atoms with Crippen LogP contribution in [0.4, 0.5) is 0 Å². The third-order valence-electron chi connectivity index (χ3n) is 3.38. The Bertz CT molecular complexity index is 645. The standard InChI is InChI=1S/C10H12O2.C9H10O2/c1-2-5-8-6-3-4-7-9(8)10(11)12;1-2-7-3-5-8(6-4-7)9(10)11/h3-4,6-7H,2,5H2,1H3,(H,11,12);3-6H,2H2,1H3,(H,10,11). The average Bonchev–Trinajstić information content (AvgIpc) is 2.56. The van der Waals surface area contributed by atoms with Crippen molar-refractivity contribution in [2.45, 2.75) is 33.1 Å². The molecule has 0 aliphatic rings. The summed E-state index contributed by atoms with van der Waals surface area (Å²) in [5.74, 6) is -1.70. The van der Waals surface area contributed by atoms with E-state index in [1.165, 1.54) is 0 Å². The van der Waals surface area contributed by atoms with Crippen molar-refractivity contribution < 1.29 is 19.8 Å². The highest BCUT2D eigenvalue weighted by Crippen LogP contribution is 2.10. The zero-order chi connectivity index (χ0) is 17.2. The Morgan fingerprint density at radius 2 is 1.48 bits per heavy atom. The number of benzene rings is 2. The van der Waals surface area contributed by atoms with Crippen molar-refractivity contribution in [1.29, 1.82) is 0 Å². The van der Waals surface area contributed by atoms with Crippen molar-refractivity contribution in [3.63, 3.8) is 0 Å². The quantitative estimate of drug-likeness (QED) is 0.863. The molecule has 23 heavy (non-hydrogen) atoms. The van der Waals surface area contributed by atoms with Crippen LogP contribution in [0.25, 0.3) is 0 Å². The van der Waals surface area contributed by atoms with E-state index in [1.807, 2.05) is 38.1 Å². The van der Waals surface area contributed by atoms with Crippen LogP contribution in [-0.4, -0.2) is 22.2 Å². The fourth-order valence-electron chi connectivity index (χ4n) is 2.10. The molecule has 4 nitrogen and oxygen atoms in total. The van der Waals surface area contributed by atoms with Crippen LogP contribution in [-0.2, 0) is 12.8 Å². The Morgan fingerprint density at radius 1 is 0.870 bits per heavy atom. The predicted molar refractivity (Wildman–Crippen MR) is 90.2 cm³/mol. The Labute approximate surface area is 136 Å². The van der Waals surface area contributed by atoms with Crippen molar-refractivity contribution in [3.05, 3.63) is 70.8 Å². The maximum Gasteiger partial charge on any atom is 0.335 e. The summed E-state index contributed by atoms with van der Waals surface area (Å²) in [5, 5.41) is 17.3. The topological polar surface area (TPSA) is 74.6 Å². The third-order valence-corrected chi connectivity index (χ3v) is 3.38. The minimum absolute atomic E-state index is 0.349. The monoisotopic (exact) mass is 314 g/mol. The van der Waals surface area contributed by atoms with Crippen LogP contribution in [0, 0.1) is 0 Å². The lowest BCUT2D eigenvalue weighted by Gasteiger charge is -2.02. The second-order valence-electron chi connectivity index (χ2n) is 5.07. The van der Waals surface area contributed by atoms with Gasteiger partial charge in [0.2, 0.25) is 0 Å². The van der Waals surface area contributed by atoms with Gasteiger partial charge >= 0.3 is 11.9 Å². The summed E-state index contributed by atoms with van der Waals surface area (Å²) in [7, 11) is 0. The lowest BCUT2D eigenvalue weighted by Crippen LogP contribution is -2.01. The molecule has 0 atom stereocenters. The molecule has 0 bridgehead atoms. The molecule has 0 aromatic heterocycles. The van der Waals surface area contributed by atoms with Crippen molar-refractivity contribution >= 4 is 11.9 Å². The highest BCUT2D eigenvalue weighted by atomic mass is 16.4. The van der Waals surface area contributed by atoms with Crippen LogP contribution >= 0.6 is 0 Å². The summed E-state index contributed by atoms with van der Waals surface area (Å²) in [6.07, 6.45) is 2.76. The van der Waals surface area contributed by atoms with Gasteiger partial charge in [0, 0.05) is 0 Å². The molecular formula is C19H22O4. The van der Waals surface area contributed by atoms with E-state index in [1.54, 1.807) is 24.3 Å². The van der Waals surface area contributed by atoms with Gasteiger partial charge in [-0.2, -0.15) is 0 Å². The second-order valence-corrected chi connectivity index (χ2v) is 5.07. The molecule has 122 valence electrons. The molecular weight excluding hydrogens is 292 g/mol. The number of carbonyl (C=O) groups is 2. The minimum atomic E-state index is -0.868. The lowest BCUT2D eigenvalue weighted by molar-refractivity contribution is 0.0685. The smallest absolute Gasteiger partial charge is 0.335 e. The highest BCUT2D eigenvalue weighted by Gasteiger charge is 2.06. The molecule has 0 saturated carbocycles. The molecule has 2 N–H and O–H groups in total. The summed E-state index contributed by atoms with van der Waals surface area (Å²) >= 11 is 0. The fraction of sp³-hybridized carbons (Fsp3) is 0.263. The van der Waals surface area contributed by atoms with Gasteiger partial charge in [-0.05, 0) is 42.2 Å². The first-order valence-corrected chi connectivity index (χ1v) is 7.63. The van der Waals surface area contributed by atoms with E-state index in [0.29, 0.717) is 11.1 Å². The van der Waals surface area contributed by atoms with E-state index in [-0.39, 0.29) is 0 Å². The highest BCUT2D eigenvalue weighted by molar-refractivity contribution is 5.89. The molecule has 0 unspecified atom stereocenters. The number of hydrogen-bond donors (Lipinski definition) is 2. The molecule has 0 spiro atoms. The average molecular weight is 314 g/mol. The Morgan fingerprint density at radius 3 is 1.96 bits per heavy atom. The van der Waals surface area contributed by atoms with E-state index in [4.69, 9.17) is 10.2 Å². The van der Waals surface area contributed by atoms with Gasteiger partial charge in [-0.1, -0.05) is 50.6 Å². The van der Waals surface area contributed by atoms with Gasteiger partial charge in [-0.15, -0.1) is 0 Å². The summed E-state index contributed by atoms with van der Waals surface area (Å²) in [6.45, 7) is 4.08. The molecule has 2 aromatic carbocycles. The minimum Gasteiger partial charge on any atom is -0.478 e. The van der Waals surface area contributed by atoms with Crippen molar-refractivity contribution in [1.82, 2.24) is 0 Å². The van der Waals surface area contributed by atoms with E-state index < -0.39 is 11.9 Å². The molecule has 0 fully saturated rings. The number of carboxylic acid groups (broad SMARTS) is 2. The summed E-state index contributed by atoms with van der Waals surface area (Å²) < 4.78 is 0. The molecule has 0 amide bonds. The van der Waals surface area contributed by atoms with Crippen LogP contribution in [0.2, 0.25) is 0 Å². The maximum atomic E-state index is 10.7. The normalized spacial score (nSPS) is 9.65. The summed E-state index contributed by atoms with van der Waals surface area (Å²) in [5.41, 5.74) is 2.86. The lowest BCUT2D eigenvalue weighted by atomic mass is 10.0. The summed E-state index contributed by atoms with van der Waals surface area (Å²) in [6, 6.07) is 14.1. The van der Waals surface area contributed by atoms with Crippen LogP contribution in [0.1, 0.15) is 52.1 Å². The first kappa shape index (κ1) is 18.4. The fourth-order valence-corrected chi connectivity index (χ4v) is 2.10. The van der Waals surface area contributed by atoms with Gasteiger partial charge in [-0.3, -0.25) is 0 Å². The van der Waals surface area contributed by atoms with Crippen LogP contribution in [0.15, 0.2) is 48.5 Å². The molecule has 0 aliphatic carbocycles. The van der Waals surface area contributed by atoms with Crippen molar-refractivity contribution in [3.8, 4) is 0 Å². The summed E-state index contributed by atoms with van der Waals surface area (Å²) in [4.78, 5) is 21.1. The van der Waals surface area contributed by atoms with Gasteiger partial charge in [0.1, 0.15) is 0 Å². The first-order valence-electron chi connectivity index (χ1n) is 7.63. The predicted octanol–water partition coefficient (Wildman–Crippen LogP) is 4.28. The van der Waals surface area contributed by atoms with Gasteiger partial charge in [-0.25, -0.2) is 9.59 Å². The second kappa shape index (κ2) is 9.41.